The van der Waals surface area contributed by atoms with Crippen LogP contribution in [-0.2, 0) is 11.3 Å². The molecule has 21 heavy (non-hydrogen) atoms. The lowest BCUT2D eigenvalue weighted by atomic mass is 9.85. The fourth-order valence-corrected chi connectivity index (χ4v) is 3.05. The van der Waals surface area contributed by atoms with Gasteiger partial charge in [0.05, 0.1) is 0 Å². The van der Waals surface area contributed by atoms with E-state index in [1.807, 2.05) is 23.1 Å². The average Bonchev–Trinajstić information content (AvgIpc) is 2.47. The van der Waals surface area contributed by atoms with Gasteiger partial charge in [-0.1, -0.05) is 43.7 Å². The molecule has 4 heteroatoms. The Hall–Kier alpha value is -1.06. The first-order chi connectivity index (χ1) is 9.70. The van der Waals surface area contributed by atoms with Gasteiger partial charge in [-0.05, 0) is 31.2 Å². The number of halogens is 1. The van der Waals surface area contributed by atoms with Crippen molar-refractivity contribution in [3.05, 3.63) is 35.9 Å². The molecule has 0 aromatic heterocycles. The second kappa shape index (κ2) is 9.06. The van der Waals surface area contributed by atoms with Crippen molar-refractivity contribution in [1.29, 1.82) is 0 Å². The van der Waals surface area contributed by atoms with Gasteiger partial charge in [0.15, 0.2) is 0 Å². The maximum absolute atomic E-state index is 12.7. The number of nitrogens with two attached hydrogens (primary N) is 1. The van der Waals surface area contributed by atoms with Crippen molar-refractivity contribution in [2.45, 2.75) is 51.6 Å². The molecule has 1 fully saturated rings. The predicted molar refractivity (Wildman–Crippen MR) is 89.3 cm³/mol. The van der Waals surface area contributed by atoms with Crippen molar-refractivity contribution in [1.82, 2.24) is 4.90 Å². The first-order valence-corrected chi connectivity index (χ1v) is 7.79. The summed E-state index contributed by atoms with van der Waals surface area (Å²) in [5.74, 6) is 0.430. The summed E-state index contributed by atoms with van der Waals surface area (Å²) in [4.78, 5) is 14.7. The monoisotopic (exact) mass is 310 g/mol. The van der Waals surface area contributed by atoms with E-state index in [2.05, 4.69) is 19.1 Å². The van der Waals surface area contributed by atoms with E-state index < -0.39 is 0 Å². The zero-order chi connectivity index (χ0) is 14.4. The number of hydrogen-bond acceptors (Lipinski definition) is 2. The summed E-state index contributed by atoms with van der Waals surface area (Å²) in [6.07, 6.45) is 5.01. The Morgan fingerprint density at radius 3 is 2.62 bits per heavy atom. The Balaban J connectivity index is 0.00000220. The average molecular weight is 311 g/mol. The molecule has 1 amide bonds. The minimum Gasteiger partial charge on any atom is -0.338 e. The fraction of sp³-hybridized carbons (Fsp3) is 0.588. The Bertz CT molecular complexity index is 424. The molecule has 1 saturated carbocycles. The second-order valence-electron chi connectivity index (χ2n) is 5.87. The smallest absolute Gasteiger partial charge is 0.226 e. The topological polar surface area (TPSA) is 46.3 Å². The molecule has 3 nitrogen and oxygen atoms in total. The Labute approximate surface area is 134 Å². The Morgan fingerprint density at radius 1 is 1.29 bits per heavy atom. The van der Waals surface area contributed by atoms with E-state index in [1.165, 1.54) is 5.56 Å². The van der Waals surface area contributed by atoms with Crippen molar-refractivity contribution in [3.63, 3.8) is 0 Å². The third kappa shape index (κ3) is 5.33. The number of nitrogens with zero attached hydrogens (tertiary/aromatic N) is 1. The van der Waals surface area contributed by atoms with E-state index in [1.54, 1.807) is 0 Å². The molecular formula is C17H27ClN2O. The highest BCUT2D eigenvalue weighted by atomic mass is 35.5. The lowest BCUT2D eigenvalue weighted by molar-refractivity contribution is -0.137. The van der Waals surface area contributed by atoms with Crippen LogP contribution in [0.15, 0.2) is 30.3 Å². The highest BCUT2D eigenvalue weighted by Gasteiger charge is 2.28. The van der Waals surface area contributed by atoms with Gasteiger partial charge in [-0.3, -0.25) is 4.79 Å². The van der Waals surface area contributed by atoms with E-state index in [0.717, 1.165) is 45.2 Å². The van der Waals surface area contributed by atoms with Gasteiger partial charge in [0.25, 0.3) is 0 Å². The van der Waals surface area contributed by atoms with Crippen LogP contribution in [-0.4, -0.2) is 23.4 Å². The van der Waals surface area contributed by atoms with Crippen molar-refractivity contribution < 1.29 is 4.79 Å². The first kappa shape index (κ1) is 18.0. The predicted octanol–water partition coefficient (Wildman–Crippen LogP) is 3.36. The van der Waals surface area contributed by atoms with Crippen LogP contribution in [0.2, 0.25) is 0 Å². The summed E-state index contributed by atoms with van der Waals surface area (Å²) >= 11 is 0. The molecule has 0 spiro atoms. The Morgan fingerprint density at radius 2 is 2.00 bits per heavy atom. The molecule has 0 saturated heterocycles. The van der Waals surface area contributed by atoms with Gasteiger partial charge in [-0.25, -0.2) is 0 Å². The SMILES string of the molecule is CCCN(Cc1ccccc1)C(=O)C1CCCC(N)C1.Cl. The molecule has 2 atom stereocenters. The summed E-state index contributed by atoms with van der Waals surface area (Å²) in [5.41, 5.74) is 7.22. The van der Waals surface area contributed by atoms with Crippen LogP contribution in [0.1, 0.15) is 44.6 Å². The number of carbonyl (C=O) groups is 1. The van der Waals surface area contributed by atoms with Gasteiger partial charge in [0.2, 0.25) is 5.91 Å². The van der Waals surface area contributed by atoms with Crippen molar-refractivity contribution in [2.75, 3.05) is 6.54 Å². The third-order valence-electron chi connectivity index (χ3n) is 4.09. The minimum absolute atomic E-state index is 0. The van der Waals surface area contributed by atoms with Gasteiger partial charge < -0.3 is 10.6 Å². The number of rotatable bonds is 5. The van der Waals surface area contributed by atoms with E-state index in [4.69, 9.17) is 5.73 Å². The van der Waals surface area contributed by atoms with E-state index in [0.29, 0.717) is 5.91 Å². The zero-order valence-corrected chi connectivity index (χ0v) is 13.6. The summed E-state index contributed by atoms with van der Waals surface area (Å²) in [6.45, 7) is 3.68. The third-order valence-corrected chi connectivity index (χ3v) is 4.09. The standard InChI is InChI=1S/C17H26N2O.ClH/c1-2-11-19(13-14-7-4-3-5-8-14)17(20)15-9-6-10-16(18)12-15;/h3-5,7-8,15-16H,2,6,9-13,18H2,1H3;1H. The molecule has 0 heterocycles. The molecular weight excluding hydrogens is 284 g/mol. The summed E-state index contributed by atoms with van der Waals surface area (Å²) in [5, 5.41) is 0. The zero-order valence-electron chi connectivity index (χ0n) is 12.8. The van der Waals surface area contributed by atoms with Crippen LogP contribution in [0, 0.1) is 5.92 Å². The quantitative estimate of drug-likeness (QED) is 0.906. The molecule has 2 N–H and O–H groups in total. The van der Waals surface area contributed by atoms with Gasteiger partial charge in [-0.2, -0.15) is 0 Å². The molecule has 2 unspecified atom stereocenters. The van der Waals surface area contributed by atoms with Gasteiger partial charge in [0, 0.05) is 25.0 Å². The van der Waals surface area contributed by atoms with Crippen molar-refractivity contribution in [3.8, 4) is 0 Å². The normalized spacial score (nSPS) is 21.4. The maximum atomic E-state index is 12.7. The fourth-order valence-electron chi connectivity index (χ4n) is 3.05. The van der Waals surface area contributed by atoms with Crippen LogP contribution in [0.4, 0.5) is 0 Å². The van der Waals surface area contributed by atoms with Crippen LogP contribution in [0.5, 0.6) is 0 Å². The van der Waals surface area contributed by atoms with Crippen LogP contribution in [0.3, 0.4) is 0 Å². The van der Waals surface area contributed by atoms with Crippen LogP contribution in [0.25, 0.3) is 0 Å². The summed E-state index contributed by atoms with van der Waals surface area (Å²) in [7, 11) is 0. The van der Waals surface area contributed by atoms with Gasteiger partial charge in [0.1, 0.15) is 0 Å². The molecule has 1 aromatic rings. The lowest BCUT2D eigenvalue weighted by Crippen LogP contribution is -2.40. The maximum Gasteiger partial charge on any atom is 0.226 e. The van der Waals surface area contributed by atoms with Crippen LogP contribution < -0.4 is 5.73 Å². The lowest BCUT2D eigenvalue weighted by Gasteiger charge is -2.31. The highest BCUT2D eigenvalue weighted by molar-refractivity contribution is 5.85. The van der Waals surface area contributed by atoms with E-state index in [9.17, 15) is 4.79 Å². The van der Waals surface area contributed by atoms with Gasteiger partial charge >= 0.3 is 0 Å². The van der Waals surface area contributed by atoms with Crippen LogP contribution >= 0.6 is 12.4 Å². The van der Waals surface area contributed by atoms with Crippen molar-refractivity contribution >= 4 is 18.3 Å². The number of amides is 1. The summed E-state index contributed by atoms with van der Waals surface area (Å²) < 4.78 is 0. The number of benzene rings is 1. The molecule has 1 aliphatic rings. The summed E-state index contributed by atoms with van der Waals surface area (Å²) in [6, 6.07) is 10.4. The molecule has 0 radical (unpaired) electrons. The second-order valence-corrected chi connectivity index (χ2v) is 5.87. The molecule has 1 aromatic carbocycles. The Kier molecular flexibility index (Phi) is 7.76. The van der Waals surface area contributed by atoms with E-state index in [-0.39, 0.29) is 24.4 Å². The molecule has 1 aliphatic carbocycles. The molecule has 118 valence electrons. The van der Waals surface area contributed by atoms with Gasteiger partial charge in [-0.15, -0.1) is 12.4 Å². The van der Waals surface area contributed by atoms with Crippen molar-refractivity contribution in [2.24, 2.45) is 11.7 Å². The molecule has 2 rings (SSSR count). The molecule has 0 aliphatic heterocycles. The largest absolute Gasteiger partial charge is 0.338 e. The first-order valence-electron chi connectivity index (χ1n) is 7.79. The highest BCUT2D eigenvalue weighted by Crippen LogP contribution is 2.25. The minimum atomic E-state index is 0. The number of carbonyl (C=O) groups excluding carboxylic acids is 1. The van der Waals surface area contributed by atoms with E-state index >= 15 is 0 Å². The number of hydrogen-bond donors (Lipinski definition) is 1. The molecule has 0 bridgehead atoms.